The second-order valence-corrected chi connectivity index (χ2v) is 5.25. The molecule has 0 heterocycles. The lowest BCUT2D eigenvalue weighted by Gasteiger charge is -2.31. The molecule has 0 saturated heterocycles. The zero-order chi connectivity index (χ0) is 12.9. The minimum absolute atomic E-state index is 0.000584. The van der Waals surface area contributed by atoms with Crippen molar-refractivity contribution in [3.63, 3.8) is 0 Å². The molecule has 0 radical (unpaired) electrons. The van der Waals surface area contributed by atoms with Gasteiger partial charge in [0.15, 0.2) is 0 Å². The van der Waals surface area contributed by atoms with E-state index < -0.39 is 0 Å². The summed E-state index contributed by atoms with van der Waals surface area (Å²) in [5.41, 5.74) is 1.27. The van der Waals surface area contributed by atoms with E-state index in [9.17, 15) is 4.79 Å². The van der Waals surface area contributed by atoms with Crippen LogP contribution in [0.5, 0.6) is 0 Å². The summed E-state index contributed by atoms with van der Waals surface area (Å²) in [6.45, 7) is 7.15. The third-order valence-electron chi connectivity index (χ3n) is 3.08. The lowest BCUT2D eigenvalue weighted by Crippen LogP contribution is -2.38. The Hall–Kier alpha value is -1.31. The van der Waals surface area contributed by atoms with Crippen LogP contribution < -0.4 is 0 Å². The van der Waals surface area contributed by atoms with E-state index in [-0.39, 0.29) is 11.3 Å². The van der Waals surface area contributed by atoms with Crippen LogP contribution in [0.15, 0.2) is 30.3 Å². The van der Waals surface area contributed by atoms with E-state index in [0.717, 1.165) is 13.0 Å². The van der Waals surface area contributed by atoms with Gasteiger partial charge in [-0.2, -0.15) is 0 Å². The minimum atomic E-state index is -0.000584. The molecule has 94 valence electrons. The summed E-state index contributed by atoms with van der Waals surface area (Å²) in [5.74, 6) is 0.233. The Labute approximate surface area is 105 Å². The molecule has 1 amide bonds. The van der Waals surface area contributed by atoms with Crippen LogP contribution in [0.3, 0.4) is 0 Å². The highest BCUT2D eigenvalue weighted by Crippen LogP contribution is 2.23. The number of carbonyl (C=O) groups excluding carboxylic acids is 1. The van der Waals surface area contributed by atoms with Crippen molar-refractivity contribution in [2.45, 2.75) is 39.0 Å². The van der Waals surface area contributed by atoms with Gasteiger partial charge in [0.1, 0.15) is 0 Å². The third-order valence-corrected chi connectivity index (χ3v) is 3.08. The van der Waals surface area contributed by atoms with Crippen LogP contribution in [0, 0.1) is 0 Å². The molecule has 0 atom stereocenters. The maximum Gasteiger partial charge on any atom is 0.222 e. The molecule has 0 aromatic heterocycles. The third kappa shape index (κ3) is 3.88. The zero-order valence-corrected chi connectivity index (χ0v) is 11.4. The fourth-order valence-electron chi connectivity index (χ4n) is 2.07. The van der Waals surface area contributed by atoms with Crippen LogP contribution in [0.2, 0.25) is 0 Å². The molecule has 2 heteroatoms. The standard InChI is InChI=1S/C15H23NO/c1-5-9-14(17)16(4)12-15(2,3)13-10-7-6-8-11-13/h6-8,10-11H,5,9,12H2,1-4H3. The Balaban J connectivity index is 2.70. The van der Waals surface area contributed by atoms with Gasteiger partial charge in [0, 0.05) is 25.4 Å². The number of amides is 1. The number of hydrogen-bond donors (Lipinski definition) is 0. The molecule has 0 aliphatic carbocycles. The van der Waals surface area contributed by atoms with E-state index in [2.05, 4.69) is 26.0 Å². The van der Waals surface area contributed by atoms with Crippen molar-refractivity contribution in [1.82, 2.24) is 4.90 Å². The average Bonchev–Trinajstić information content (AvgIpc) is 2.30. The number of rotatable bonds is 5. The maximum atomic E-state index is 11.8. The lowest BCUT2D eigenvalue weighted by atomic mass is 9.84. The number of hydrogen-bond acceptors (Lipinski definition) is 1. The van der Waals surface area contributed by atoms with E-state index in [1.807, 2.05) is 37.1 Å². The summed E-state index contributed by atoms with van der Waals surface area (Å²) in [6.07, 6.45) is 1.55. The quantitative estimate of drug-likeness (QED) is 0.764. The van der Waals surface area contributed by atoms with E-state index in [4.69, 9.17) is 0 Å². The van der Waals surface area contributed by atoms with Crippen LogP contribution in [-0.2, 0) is 10.2 Å². The summed E-state index contributed by atoms with van der Waals surface area (Å²) in [4.78, 5) is 13.6. The molecule has 0 N–H and O–H groups in total. The van der Waals surface area contributed by atoms with Crippen molar-refractivity contribution < 1.29 is 4.79 Å². The molecule has 1 rings (SSSR count). The van der Waals surface area contributed by atoms with Crippen LogP contribution in [0.1, 0.15) is 39.2 Å². The van der Waals surface area contributed by atoms with Crippen molar-refractivity contribution in [2.75, 3.05) is 13.6 Å². The number of benzene rings is 1. The fraction of sp³-hybridized carbons (Fsp3) is 0.533. The molecule has 0 saturated carbocycles. The van der Waals surface area contributed by atoms with Gasteiger partial charge in [0.05, 0.1) is 0 Å². The van der Waals surface area contributed by atoms with Crippen LogP contribution in [0.25, 0.3) is 0 Å². The van der Waals surface area contributed by atoms with Gasteiger partial charge in [-0.05, 0) is 12.0 Å². The van der Waals surface area contributed by atoms with Gasteiger partial charge in [-0.1, -0.05) is 51.1 Å². The summed E-state index contributed by atoms with van der Waals surface area (Å²) in [7, 11) is 1.89. The molecule has 1 aromatic carbocycles. The first-order valence-electron chi connectivity index (χ1n) is 6.27. The molecule has 0 unspecified atom stereocenters. The Morgan fingerprint density at radius 2 is 1.82 bits per heavy atom. The second kappa shape index (κ2) is 5.85. The van der Waals surface area contributed by atoms with E-state index in [1.165, 1.54) is 5.56 Å². The SMILES string of the molecule is CCCC(=O)N(C)CC(C)(C)c1ccccc1. The molecular formula is C15H23NO. The lowest BCUT2D eigenvalue weighted by molar-refractivity contribution is -0.130. The number of nitrogens with zero attached hydrogens (tertiary/aromatic N) is 1. The number of carbonyl (C=O) groups is 1. The predicted octanol–water partition coefficient (Wildman–Crippen LogP) is 3.22. The first kappa shape index (κ1) is 13.8. The average molecular weight is 233 g/mol. The van der Waals surface area contributed by atoms with Gasteiger partial charge in [0.2, 0.25) is 5.91 Å². The monoisotopic (exact) mass is 233 g/mol. The maximum absolute atomic E-state index is 11.8. The molecule has 2 nitrogen and oxygen atoms in total. The van der Waals surface area contributed by atoms with Crippen molar-refractivity contribution in [3.05, 3.63) is 35.9 Å². The Morgan fingerprint density at radius 1 is 1.24 bits per heavy atom. The smallest absolute Gasteiger partial charge is 0.222 e. The molecule has 1 aromatic rings. The van der Waals surface area contributed by atoms with Crippen LogP contribution in [0.4, 0.5) is 0 Å². The highest BCUT2D eigenvalue weighted by molar-refractivity contribution is 5.75. The Kier molecular flexibility index (Phi) is 4.73. The summed E-state index contributed by atoms with van der Waals surface area (Å²) >= 11 is 0. The molecule has 0 bridgehead atoms. The first-order chi connectivity index (χ1) is 7.97. The van der Waals surface area contributed by atoms with Gasteiger partial charge in [0.25, 0.3) is 0 Å². The van der Waals surface area contributed by atoms with Gasteiger partial charge in [-0.25, -0.2) is 0 Å². The van der Waals surface area contributed by atoms with Gasteiger partial charge >= 0.3 is 0 Å². The van der Waals surface area contributed by atoms with Gasteiger partial charge in [-0.3, -0.25) is 4.79 Å². The fourth-order valence-corrected chi connectivity index (χ4v) is 2.07. The topological polar surface area (TPSA) is 20.3 Å². The Morgan fingerprint density at radius 3 is 2.35 bits per heavy atom. The highest BCUT2D eigenvalue weighted by atomic mass is 16.2. The van der Waals surface area contributed by atoms with E-state index in [0.29, 0.717) is 6.42 Å². The van der Waals surface area contributed by atoms with Crippen molar-refractivity contribution in [2.24, 2.45) is 0 Å². The summed E-state index contributed by atoms with van der Waals surface area (Å²) < 4.78 is 0. The molecule has 0 aliphatic heterocycles. The minimum Gasteiger partial charge on any atom is -0.345 e. The van der Waals surface area contributed by atoms with Gasteiger partial charge in [-0.15, -0.1) is 0 Å². The van der Waals surface area contributed by atoms with E-state index in [1.54, 1.807) is 0 Å². The molecule has 0 fully saturated rings. The molecule has 17 heavy (non-hydrogen) atoms. The highest BCUT2D eigenvalue weighted by Gasteiger charge is 2.24. The van der Waals surface area contributed by atoms with Crippen molar-refractivity contribution in [3.8, 4) is 0 Å². The van der Waals surface area contributed by atoms with Crippen molar-refractivity contribution >= 4 is 5.91 Å². The molecular weight excluding hydrogens is 210 g/mol. The van der Waals surface area contributed by atoms with Crippen molar-refractivity contribution in [1.29, 1.82) is 0 Å². The molecule has 0 spiro atoms. The van der Waals surface area contributed by atoms with Crippen LogP contribution >= 0.6 is 0 Å². The first-order valence-corrected chi connectivity index (χ1v) is 6.27. The second-order valence-electron chi connectivity index (χ2n) is 5.25. The summed E-state index contributed by atoms with van der Waals surface area (Å²) in [5, 5.41) is 0. The normalized spacial score (nSPS) is 11.3. The van der Waals surface area contributed by atoms with Gasteiger partial charge < -0.3 is 4.90 Å². The molecule has 0 aliphatic rings. The van der Waals surface area contributed by atoms with Crippen LogP contribution in [-0.4, -0.2) is 24.4 Å². The summed E-state index contributed by atoms with van der Waals surface area (Å²) in [6, 6.07) is 10.4. The van der Waals surface area contributed by atoms with E-state index >= 15 is 0 Å². The predicted molar refractivity (Wildman–Crippen MR) is 72.0 cm³/mol. The number of likely N-dealkylation sites (N-methyl/N-ethyl adjacent to an activating group) is 1. The Bertz CT molecular complexity index is 356. The largest absolute Gasteiger partial charge is 0.345 e. The zero-order valence-electron chi connectivity index (χ0n) is 11.4.